The van der Waals surface area contributed by atoms with Crippen molar-refractivity contribution < 1.29 is 4.79 Å². The number of hydrogen-bond donors (Lipinski definition) is 2. The van der Waals surface area contributed by atoms with Gasteiger partial charge in [0.1, 0.15) is 0 Å². The van der Waals surface area contributed by atoms with Crippen molar-refractivity contribution in [3.63, 3.8) is 0 Å². The molecule has 2 rings (SSSR count). The van der Waals surface area contributed by atoms with Gasteiger partial charge in [0.25, 0.3) is 0 Å². The zero-order valence-corrected chi connectivity index (χ0v) is 13.3. The van der Waals surface area contributed by atoms with Gasteiger partial charge in [0, 0.05) is 17.7 Å². The second kappa shape index (κ2) is 7.02. The monoisotopic (exact) mass is 298 g/mol. The number of amides is 1. The molecule has 0 unspecified atom stereocenters. The minimum atomic E-state index is -0.0285. The van der Waals surface area contributed by atoms with Crippen molar-refractivity contribution in [1.29, 1.82) is 0 Å². The summed E-state index contributed by atoms with van der Waals surface area (Å²) in [5.41, 5.74) is 8.92. The highest BCUT2D eigenvalue weighted by Gasteiger charge is 2.11. The van der Waals surface area contributed by atoms with Crippen LogP contribution in [0.4, 0.5) is 11.5 Å². The van der Waals surface area contributed by atoms with E-state index in [1.165, 1.54) is 0 Å². The molecule has 0 saturated carbocycles. The molecule has 1 aromatic heterocycles. The molecule has 0 spiro atoms. The maximum absolute atomic E-state index is 11.9. The van der Waals surface area contributed by atoms with E-state index in [1.54, 1.807) is 6.20 Å². The van der Waals surface area contributed by atoms with Crippen molar-refractivity contribution in [2.75, 3.05) is 11.1 Å². The maximum atomic E-state index is 11.9. The Morgan fingerprint density at radius 1 is 1.27 bits per heavy atom. The lowest BCUT2D eigenvalue weighted by Gasteiger charge is -2.11. The zero-order chi connectivity index (χ0) is 16.1. The van der Waals surface area contributed by atoms with Gasteiger partial charge in [-0.15, -0.1) is 0 Å². The fraction of sp³-hybridized carbons (Fsp3) is 0.353. The van der Waals surface area contributed by atoms with E-state index in [-0.39, 0.29) is 5.91 Å². The molecule has 5 heteroatoms. The van der Waals surface area contributed by atoms with Gasteiger partial charge in [-0.05, 0) is 24.5 Å². The number of nitrogens with two attached hydrogens (primary N) is 1. The third kappa shape index (κ3) is 4.04. The Hall–Kier alpha value is -2.43. The third-order valence-electron chi connectivity index (χ3n) is 3.24. The van der Waals surface area contributed by atoms with Crippen LogP contribution in [0.25, 0.3) is 11.3 Å². The Labute approximate surface area is 131 Å². The largest absolute Gasteiger partial charge is 0.399 e. The van der Waals surface area contributed by atoms with Gasteiger partial charge in [-0.25, -0.2) is 9.97 Å². The van der Waals surface area contributed by atoms with Gasteiger partial charge in [0.05, 0.1) is 17.6 Å². The van der Waals surface area contributed by atoms with Gasteiger partial charge >= 0.3 is 0 Å². The molecule has 2 aromatic rings. The highest BCUT2D eigenvalue weighted by molar-refractivity contribution is 5.90. The molecule has 5 nitrogen and oxygen atoms in total. The molecule has 0 radical (unpaired) electrons. The summed E-state index contributed by atoms with van der Waals surface area (Å²) < 4.78 is 0. The third-order valence-corrected chi connectivity index (χ3v) is 3.24. The number of nitrogen functional groups attached to an aromatic ring is 1. The average molecular weight is 298 g/mol. The van der Waals surface area contributed by atoms with E-state index in [2.05, 4.69) is 15.3 Å². The number of carbonyl (C=O) groups excluding carboxylic acids is 1. The summed E-state index contributed by atoms with van der Waals surface area (Å²) in [5.74, 6) is 0.832. The Morgan fingerprint density at radius 3 is 2.55 bits per heavy atom. The van der Waals surface area contributed by atoms with Crippen molar-refractivity contribution >= 4 is 17.4 Å². The van der Waals surface area contributed by atoms with Crippen LogP contribution < -0.4 is 11.1 Å². The molecule has 0 fully saturated rings. The number of anilines is 2. The smallest absolute Gasteiger partial charge is 0.225 e. The summed E-state index contributed by atoms with van der Waals surface area (Å²) >= 11 is 0. The molecule has 1 amide bonds. The van der Waals surface area contributed by atoms with E-state index in [4.69, 9.17) is 5.73 Å². The van der Waals surface area contributed by atoms with Crippen LogP contribution in [0.1, 0.15) is 32.9 Å². The molecule has 1 heterocycles. The van der Waals surface area contributed by atoms with Gasteiger partial charge < -0.3 is 11.1 Å². The van der Waals surface area contributed by atoms with Crippen molar-refractivity contribution in [1.82, 2.24) is 9.97 Å². The number of aryl methyl sites for hydroxylation is 1. The molecule has 0 atom stereocenters. The molecular formula is C17H22N4O. The molecule has 0 aliphatic carbocycles. The van der Waals surface area contributed by atoms with Crippen LogP contribution in [0.15, 0.2) is 30.5 Å². The first-order valence-corrected chi connectivity index (χ1v) is 7.51. The predicted octanol–water partition coefficient (Wildman–Crippen LogP) is 3.27. The normalized spacial score (nSPS) is 10.7. The lowest BCUT2D eigenvalue weighted by molar-refractivity contribution is -0.116. The zero-order valence-electron chi connectivity index (χ0n) is 13.3. The summed E-state index contributed by atoms with van der Waals surface area (Å²) in [4.78, 5) is 20.9. The number of aromatic nitrogens is 2. The number of nitrogens with one attached hydrogen (secondary N) is 1. The molecule has 22 heavy (non-hydrogen) atoms. The molecular weight excluding hydrogens is 276 g/mol. The maximum Gasteiger partial charge on any atom is 0.225 e. The van der Waals surface area contributed by atoms with Crippen LogP contribution in [0.5, 0.6) is 0 Å². The molecule has 0 bridgehead atoms. The molecule has 1 aromatic carbocycles. The van der Waals surface area contributed by atoms with E-state index in [0.717, 1.165) is 17.0 Å². The van der Waals surface area contributed by atoms with Crippen molar-refractivity contribution in [3.8, 4) is 11.3 Å². The average Bonchev–Trinajstić information content (AvgIpc) is 2.47. The summed E-state index contributed by atoms with van der Waals surface area (Å²) in [7, 11) is 0. The molecule has 0 saturated heterocycles. The fourth-order valence-electron chi connectivity index (χ4n) is 2.13. The lowest BCUT2D eigenvalue weighted by Crippen LogP contribution is -2.16. The number of benzene rings is 1. The molecule has 0 aliphatic heterocycles. The number of hydrogen-bond acceptors (Lipinski definition) is 4. The van der Waals surface area contributed by atoms with Crippen molar-refractivity contribution in [2.45, 2.75) is 33.6 Å². The Morgan fingerprint density at radius 2 is 1.95 bits per heavy atom. The minimum Gasteiger partial charge on any atom is -0.399 e. The van der Waals surface area contributed by atoms with Crippen LogP contribution in [-0.2, 0) is 11.2 Å². The lowest BCUT2D eigenvalue weighted by atomic mass is 10.1. The fourth-order valence-corrected chi connectivity index (χ4v) is 2.13. The standard InChI is InChI=1S/C17H22N4O/c1-4-14-17(21-16(22)9-11(2)3)19-10-15(20-14)12-5-7-13(18)8-6-12/h5-8,10-11H,4,9,18H2,1-3H3,(H,19,21,22). The Kier molecular flexibility index (Phi) is 5.09. The number of nitrogens with zero attached hydrogens (tertiary/aromatic N) is 2. The van der Waals surface area contributed by atoms with Gasteiger partial charge in [0.2, 0.25) is 5.91 Å². The Balaban J connectivity index is 2.24. The Bertz CT molecular complexity index is 650. The van der Waals surface area contributed by atoms with Crippen molar-refractivity contribution in [2.24, 2.45) is 5.92 Å². The second-order valence-electron chi connectivity index (χ2n) is 5.67. The van der Waals surface area contributed by atoms with Crippen LogP contribution in [-0.4, -0.2) is 15.9 Å². The highest BCUT2D eigenvalue weighted by atomic mass is 16.1. The summed E-state index contributed by atoms with van der Waals surface area (Å²) in [6.45, 7) is 6.02. The minimum absolute atomic E-state index is 0.0285. The first-order chi connectivity index (χ1) is 10.5. The van der Waals surface area contributed by atoms with Crippen LogP contribution in [0, 0.1) is 5.92 Å². The van der Waals surface area contributed by atoms with Crippen molar-refractivity contribution in [3.05, 3.63) is 36.2 Å². The quantitative estimate of drug-likeness (QED) is 0.830. The number of rotatable bonds is 5. The predicted molar refractivity (Wildman–Crippen MR) is 89.3 cm³/mol. The number of carbonyl (C=O) groups is 1. The molecule has 116 valence electrons. The summed E-state index contributed by atoms with van der Waals surface area (Å²) in [6.07, 6.45) is 2.85. The summed E-state index contributed by atoms with van der Waals surface area (Å²) in [6, 6.07) is 7.49. The van der Waals surface area contributed by atoms with E-state index < -0.39 is 0 Å². The summed E-state index contributed by atoms with van der Waals surface area (Å²) in [5, 5.41) is 2.85. The SMILES string of the molecule is CCc1nc(-c2ccc(N)cc2)cnc1NC(=O)CC(C)C. The second-order valence-corrected chi connectivity index (χ2v) is 5.67. The van der Waals surface area contributed by atoms with E-state index in [9.17, 15) is 4.79 Å². The van der Waals surface area contributed by atoms with Gasteiger partial charge in [-0.3, -0.25) is 4.79 Å². The van der Waals surface area contributed by atoms with Gasteiger partial charge in [0.15, 0.2) is 5.82 Å². The topological polar surface area (TPSA) is 80.9 Å². The first kappa shape index (κ1) is 15.9. The van der Waals surface area contributed by atoms with Gasteiger partial charge in [-0.2, -0.15) is 0 Å². The molecule has 0 aliphatic rings. The van der Waals surface area contributed by atoms with Crippen LogP contribution in [0.3, 0.4) is 0 Å². The van der Waals surface area contributed by atoms with E-state index in [1.807, 2.05) is 45.0 Å². The first-order valence-electron chi connectivity index (χ1n) is 7.51. The van der Waals surface area contributed by atoms with Gasteiger partial charge in [-0.1, -0.05) is 32.9 Å². The van der Waals surface area contributed by atoms with Crippen LogP contribution in [0.2, 0.25) is 0 Å². The van der Waals surface area contributed by atoms with Crippen LogP contribution >= 0.6 is 0 Å². The highest BCUT2D eigenvalue weighted by Crippen LogP contribution is 2.21. The van der Waals surface area contributed by atoms with E-state index >= 15 is 0 Å². The molecule has 3 N–H and O–H groups in total. The van der Waals surface area contributed by atoms with E-state index in [0.29, 0.717) is 30.3 Å².